The van der Waals surface area contributed by atoms with Crippen molar-refractivity contribution < 1.29 is 14.3 Å². The molecule has 0 aromatic carbocycles. The Morgan fingerprint density at radius 2 is 2.24 bits per heavy atom. The van der Waals surface area contributed by atoms with E-state index >= 15 is 0 Å². The Kier molecular flexibility index (Phi) is 5.41. The fourth-order valence-electron chi connectivity index (χ4n) is 2.31. The van der Waals surface area contributed by atoms with Crippen LogP contribution in [0.25, 0.3) is 0 Å². The van der Waals surface area contributed by atoms with Crippen molar-refractivity contribution in [2.45, 2.75) is 32.6 Å². The monoisotopic (exact) mass is 242 g/mol. The molecule has 1 heterocycles. The maximum absolute atomic E-state index is 12.1. The Bertz CT molecular complexity index is 273. The van der Waals surface area contributed by atoms with Gasteiger partial charge in [-0.15, -0.1) is 0 Å². The van der Waals surface area contributed by atoms with Crippen LogP contribution in [0.3, 0.4) is 0 Å². The number of carbonyl (C=O) groups excluding carboxylic acids is 2. The number of amides is 1. The second kappa shape index (κ2) is 6.59. The van der Waals surface area contributed by atoms with Gasteiger partial charge in [-0.05, 0) is 19.4 Å². The Labute approximate surface area is 102 Å². The zero-order valence-corrected chi connectivity index (χ0v) is 10.7. The number of hydrogen-bond donors (Lipinski definition) is 2. The number of rotatable bonds is 6. The smallest absolute Gasteiger partial charge is 0.307 e. The summed E-state index contributed by atoms with van der Waals surface area (Å²) >= 11 is 0. The normalized spacial score (nSPS) is 23.4. The van der Waals surface area contributed by atoms with E-state index in [1.807, 2.05) is 0 Å². The Balaban J connectivity index is 2.41. The third-order valence-electron chi connectivity index (χ3n) is 3.30. The summed E-state index contributed by atoms with van der Waals surface area (Å²) in [6, 6.07) is 0. The van der Waals surface area contributed by atoms with E-state index in [9.17, 15) is 9.59 Å². The first kappa shape index (κ1) is 14.0. The topological polar surface area (TPSA) is 67.4 Å². The van der Waals surface area contributed by atoms with Gasteiger partial charge in [0.1, 0.15) is 0 Å². The summed E-state index contributed by atoms with van der Waals surface area (Å²) in [6.07, 6.45) is 3.00. The van der Waals surface area contributed by atoms with Crippen LogP contribution >= 0.6 is 0 Å². The van der Waals surface area contributed by atoms with Crippen molar-refractivity contribution in [3.63, 3.8) is 0 Å². The maximum atomic E-state index is 12.1. The van der Waals surface area contributed by atoms with Crippen LogP contribution in [0.2, 0.25) is 0 Å². The number of methoxy groups -OCH3 is 1. The molecule has 1 aliphatic heterocycles. The number of carbonyl (C=O) groups is 2. The number of ether oxygens (including phenoxy) is 1. The van der Waals surface area contributed by atoms with Crippen LogP contribution in [0.4, 0.5) is 0 Å². The van der Waals surface area contributed by atoms with E-state index in [1.165, 1.54) is 7.11 Å². The van der Waals surface area contributed by atoms with Crippen LogP contribution in [-0.4, -0.2) is 38.6 Å². The number of nitrogens with one attached hydrogen (secondary N) is 2. The van der Waals surface area contributed by atoms with Crippen LogP contribution < -0.4 is 10.6 Å². The molecule has 1 saturated heterocycles. The van der Waals surface area contributed by atoms with Gasteiger partial charge in [-0.25, -0.2) is 0 Å². The molecular weight excluding hydrogens is 220 g/mol. The highest BCUT2D eigenvalue weighted by atomic mass is 16.5. The molecule has 98 valence electrons. The van der Waals surface area contributed by atoms with E-state index in [0.29, 0.717) is 6.54 Å². The third-order valence-corrected chi connectivity index (χ3v) is 3.30. The second-order valence-corrected chi connectivity index (χ2v) is 4.54. The highest BCUT2D eigenvalue weighted by molar-refractivity contribution is 5.83. The first-order chi connectivity index (χ1) is 8.14. The van der Waals surface area contributed by atoms with Gasteiger partial charge in [-0.1, -0.05) is 13.3 Å². The summed E-state index contributed by atoms with van der Waals surface area (Å²) in [6.45, 7) is 4.08. The summed E-state index contributed by atoms with van der Waals surface area (Å²) in [5, 5.41) is 6.07. The molecule has 1 atom stereocenters. The minimum absolute atomic E-state index is 0.0632. The minimum atomic E-state index is -0.292. The second-order valence-electron chi connectivity index (χ2n) is 4.54. The average Bonchev–Trinajstić information content (AvgIpc) is 2.79. The summed E-state index contributed by atoms with van der Waals surface area (Å²) in [5.74, 6) is -0.229. The minimum Gasteiger partial charge on any atom is -0.469 e. The van der Waals surface area contributed by atoms with Crippen LogP contribution in [0.1, 0.15) is 32.6 Å². The van der Waals surface area contributed by atoms with Gasteiger partial charge in [0.2, 0.25) is 5.91 Å². The van der Waals surface area contributed by atoms with Crippen molar-refractivity contribution >= 4 is 11.9 Å². The first-order valence-corrected chi connectivity index (χ1v) is 6.20. The van der Waals surface area contributed by atoms with Crippen LogP contribution in [0.5, 0.6) is 0 Å². The summed E-state index contributed by atoms with van der Waals surface area (Å²) in [7, 11) is 1.35. The molecule has 0 spiro atoms. The highest BCUT2D eigenvalue weighted by Gasteiger charge is 2.39. The molecule has 0 aromatic rings. The van der Waals surface area contributed by atoms with Crippen LogP contribution in [0, 0.1) is 5.41 Å². The molecule has 0 aromatic heterocycles. The lowest BCUT2D eigenvalue weighted by Gasteiger charge is -2.26. The van der Waals surface area contributed by atoms with Gasteiger partial charge in [0, 0.05) is 13.1 Å². The highest BCUT2D eigenvalue weighted by Crippen LogP contribution is 2.31. The Morgan fingerprint density at radius 3 is 2.76 bits per heavy atom. The van der Waals surface area contributed by atoms with Crippen molar-refractivity contribution in [3.8, 4) is 0 Å². The number of hydrogen-bond acceptors (Lipinski definition) is 4. The van der Waals surface area contributed by atoms with Gasteiger partial charge in [-0.3, -0.25) is 9.59 Å². The van der Waals surface area contributed by atoms with E-state index in [0.717, 1.165) is 32.4 Å². The van der Waals surface area contributed by atoms with Gasteiger partial charge < -0.3 is 15.4 Å². The molecule has 5 heteroatoms. The van der Waals surface area contributed by atoms with E-state index in [4.69, 9.17) is 0 Å². The zero-order valence-electron chi connectivity index (χ0n) is 10.7. The van der Waals surface area contributed by atoms with Gasteiger partial charge in [0.15, 0.2) is 0 Å². The molecule has 1 unspecified atom stereocenters. The van der Waals surface area contributed by atoms with Crippen LogP contribution in [-0.2, 0) is 14.3 Å². The van der Waals surface area contributed by atoms with Gasteiger partial charge in [0.05, 0.1) is 18.9 Å². The van der Waals surface area contributed by atoms with Crippen molar-refractivity contribution in [2.75, 3.05) is 26.7 Å². The molecule has 0 aliphatic carbocycles. The molecule has 1 fully saturated rings. The van der Waals surface area contributed by atoms with Crippen molar-refractivity contribution in [1.82, 2.24) is 10.6 Å². The third kappa shape index (κ3) is 3.70. The van der Waals surface area contributed by atoms with Gasteiger partial charge in [-0.2, -0.15) is 0 Å². The first-order valence-electron chi connectivity index (χ1n) is 6.20. The van der Waals surface area contributed by atoms with Gasteiger partial charge >= 0.3 is 5.97 Å². The van der Waals surface area contributed by atoms with Crippen molar-refractivity contribution in [1.29, 1.82) is 0 Å². The van der Waals surface area contributed by atoms with E-state index in [-0.39, 0.29) is 23.7 Å². The molecule has 0 bridgehead atoms. The molecule has 0 radical (unpaired) electrons. The lowest BCUT2D eigenvalue weighted by Crippen LogP contribution is -2.43. The van der Waals surface area contributed by atoms with E-state index < -0.39 is 0 Å². The lowest BCUT2D eigenvalue weighted by molar-refractivity contribution is -0.140. The molecule has 2 N–H and O–H groups in total. The Hall–Kier alpha value is -1.10. The predicted octanol–water partition coefficient (Wildman–Crippen LogP) is 0.445. The maximum Gasteiger partial charge on any atom is 0.307 e. The lowest BCUT2D eigenvalue weighted by atomic mass is 9.81. The van der Waals surface area contributed by atoms with Crippen LogP contribution in [0.15, 0.2) is 0 Å². The number of esters is 1. The quantitative estimate of drug-likeness (QED) is 0.663. The molecule has 17 heavy (non-hydrogen) atoms. The fraction of sp³-hybridized carbons (Fsp3) is 0.833. The molecule has 1 amide bonds. The Morgan fingerprint density at radius 1 is 1.47 bits per heavy atom. The predicted molar refractivity (Wildman–Crippen MR) is 64.5 cm³/mol. The van der Waals surface area contributed by atoms with Gasteiger partial charge in [0.25, 0.3) is 0 Å². The standard InChI is InChI=1S/C12H22N2O3/c1-3-5-12(6-8-13-9-12)11(16)14-7-4-10(15)17-2/h13H,3-9H2,1-2H3,(H,14,16). The molecule has 5 nitrogen and oxygen atoms in total. The summed E-state index contributed by atoms with van der Waals surface area (Å²) < 4.78 is 4.53. The molecule has 1 aliphatic rings. The molecular formula is C12H22N2O3. The molecule has 0 saturated carbocycles. The molecule has 1 rings (SSSR count). The van der Waals surface area contributed by atoms with Crippen molar-refractivity contribution in [2.24, 2.45) is 5.41 Å². The zero-order chi connectivity index (χ0) is 12.7. The fourth-order valence-corrected chi connectivity index (χ4v) is 2.31. The average molecular weight is 242 g/mol. The largest absolute Gasteiger partial charge is 0.469 e. The van der Waals surface area contributed by atoms with E-state index in [2.05, 4.69) is 22.3 Å². The van der Waals surface area contributed by atoms with E-state index in [1.54, 1.807) is 0 Å². The summed E-state index contributed by atoms with van der Waals surface area (Å²) in [4.78, 5) is 23.1. The SMILES string of the molecule is CCCC1(C(=O)NCCC(=O)OC)CCNC1. The summed E-state index contributed by atoms with van der Waals surface area (Å²) in [5.41, 5.74) is -0.273. The van der Waals surface area contributed by atoms with Crippen molar-refractivity contribution in [3.05, 3.63) is 0 Å².